The topological polar surface area (TPSA) is 75.7 Å². The first-order valence-corrected chi connectivity index (χ1v) is 11.3. The molecule has 2 aromatic rings. The molecule has 9 heteroatoms. The lowest BCUT2D eigenvalue weighted by molar-refractivity contribution is -0.120. The zero-order chi connectivity index (χ0) is 20.3. The summed E-state index contributed by atoms with van der Waals surface area (Å²) in [4.78, 5) is 12.7. The maximum Gasteiger partial charge on any atom is 0.227 e. The predicted molar refractivity (Wildman–Crippen MR) is 111 cm³/mol. The van der Waals surface area contributed by atoms with Crippen molar-refractivity contribution in [2.45, 2.75) is 12.8 Å². The van der Waals surface area contributed by atoms with E-state index in [2.05, 4.69) is 5.32 Å². The van der Waals surface area contributed by atoms with Gasteiger partial charge in [0.15, 0.2) is 5.75 Å². The molecule has 1 aliphatic heterocycles. The Labute approximate surface area is 174 Å². The van der Waals surface area contributed by atoms with Gasteiger partial charge in [-0.25, -0.2) is 12.7 Å². The van der Waals surface area contributed by atoms with Gasteiger partial charge in [-0.3, -0.25) is 4.79 Å². The normalized spacial score (nSPS) is 16.0. The van der Waals surface area contributed by atoms with Crippen LogP contribution in [-0.2, 0) is 14.8 Å². The summed E-state index contributed by atoms with van der Waals surface area (Å²) in [5.41, 5.74) is 0.518. The Kier molecular flexibility index (Phi) is 6.50. The Hall–Kier alpha value is -1.80. The van der Waals surface area contributed by atoms with Gasteiger partial charge in [0, 0.05) is 24.0 Å². The van der Waals surface area contributed by atoms with Crippen LogP contribution in [0.3, 0.4) is 0 Å². The highest BCUT2D eigenvalue weighted by atomic mass is 35.5. The summed E-state index contributed by atoms with van der Waals surface area (Å²) >= 11 is 12.1. The number of anilines is 1. The van der Waals surface area contributed by atoms with Gasteiger partial charge in [-0.1, -0.05) is 35.3 Å². The van der Waals surface area contributed by atoms with Crippen molar-refractivity contribution in [1.82, 2.24) is 4.31 Å². The molecular formula is C19H20Cl2N2O4S. The summed E-state index contributed by atoms with van der Waals surface area (Å²) in [6, 6.07) is 12.0. The molecule has 0 bridgehead atoms. The molecule has 0 aromatic heterocycles. The molecule has 1 heterocycles. The first-order valence-electron chi connectivity index (χ1n) is 8.72. The van der Waals surface area contributed by atoms with Crippen LogP contribution >= 0.6 is 23.2 Å². The van der Waals surface area contributed by atoms with Crippen LogP contribution in [0.1, 0.15) is 12.8 Å². The summed E-state index contributed by atoms with van der Waals surface area (Å²) in [6.45, 7) is 0.685. The molecule has 0 radical (unpaired) electrons. The molecule has 0 spiro atoms. The molecule has 6 nitrogen and oxygen atoms in total. The van der Waals surface area contributed by atoms with Crippen LogP contribution in [0, 0.1) is 5.92 Å². The average Bonchev–Trinajstić information content (AvgIpc) is 2.65. The van der Waals surface area contributed by atoms with Crippen LogP contribution < -0.4 is 10.1 Å². The van der Waals surface area contributed by atoms with E-state index in [1.165, 1.54) is 10.6 Å². The second-order valence-electron chi connectivity index (χ2n) is 6.60. The minimum Gasteiger partial charge on any atom is -0.454 e. The number of benzene rings is 2. The molecule has 0 saturated carbocycles. The number of carbonyl (C=O) groups excluding carboxylic acids is 1. The average molecular weight is 443 g/mol. The van der Waals surface area contributed by atoms with Gasteiger partial charge in [0.1, 0.15) is 5.75 Å². The number of hydrogen-bond acceptors (Lipinski definition) is 4. The van der Waals surface area contributed by atoms with E-state index in [-0.39, 0.29) is 11.8 Å². The van der Waals surface area contributed by atoms with Gasteiger partial charge in [-0.2, -0.15) is 0 Å². The van der Waals surface area contributed by atoms with Gasteiger partial charge < -0.3 is 10.1 Å². The van der Waals surface area contributed by atoms with Crippen molar-refractivity contribution in [3.63, 3.8) is 0 Å². The largest absolute Gasteiger partial charge is 0.454 e. The summed E-state index contributed by atoms with van der Waals surface area (Å²) in [6.07, 6.45) is 2.14. The Bertz CT molecular complexity index is 974. The van der Waals surface area contributed by atoms with Gasteiger partial charge in [0.2, 0.25) is 15.9 Å². The van der Waals surface area contributed by atoms with Gasteiger partial charge in [0.05, 0.1) is 17.0 Å². The molecule has 28 heavy (non-hydrogen) atoms. The van der Waals surface area contributed by atoms with Crippen molar-refractivity contribution >= 4 is 44.8 Å². The highest BCUT2D eigenvalue weighted by Gasteiger charge is 2.29. The number of nitrogens with zero attached hydrogens (tertiary/aromatic N) is 1. The van der Waals surface area contributed by atoms with Gasteiger partial charge in [-0.05, 0) is 43.2 Å². The molecule has 1 N–H and O–H groups in total. The second-order valence-corrected chi connectivity index (χ2v) is 9.42. The quantitative estimate of drug-likeness (QED) is 0.744. The second kappa shape index (κ2) is 8.69. The maximum atomic E-state index is 12.7. The Morgan fingerprint density at radius 2 is 1.79 bits per heavy atom. The van der Waals surface area contributed by atoms with Crippen molar-refractivity contribution in [2.24, 2.45) is 5.92 Å². The van der Waals surface area contributed by atoms with E-state index in [1.807, 2.05) is 0 Å². The lowest BCUT2D eigenvalue weighted by Gasteiger charge is -2.29. The molecule has 1 aliphatic rings. The van der Waals surface area contributed by atoms with E-state index in [0.29, 0.717) is 53.2 Å². The van der Waals surface area contributed by atoms with Crippen molar-refractivity contribution < 1.29 is 17.9 Å². The summed E-state index contributed by atoms with van der Waals surface area (Å²) in [7, 11) is -3.22. The number of nitrogens with one attached hydrogen (secondary N) is 1. The standard InChI is InChI=1S/C19H20Cl2N2O4S/c1-28(25,26)23-10-8-13(9-11-23)19(24)22-16-4-2-3-5-18(16)27-17-7-6-14(20)12-15(17)21/h2-7,12-13H,8-11H2,1H3,(H,22,24). The van der Waals surface area contributed by atoms with E-state index < -0.39 is 10.0 Å². The minimum atomic E-state index is -3.22. The monoisotopic (exact) mass is 442 g/mol. The molecule has 3 rings (SSSR count). The van der Waals surface area contributed by atoms with Gasteiger partial charge in [0.25, 0.3) is 0 Å². The molecule has 1 amide bonds. The maximum absolute atomic E-state index is 12.7. The van der Waals surface area contributed by atoms with E-state index in [9.17, 15) is 13.2 Å². The molecule has 1 fully saturated rings. The number of hydrogen-bond donors (Lipinski definition) is 1. The van der Waals surface area contributed by atoms with Crippen LogP contribution in [0.5, 0.6) is 11.5 Å². The number of piperidine rings is 1. The predicted octanol–water partition coefficient (Wildman–Crippen LogP) is 4.40. The fourth-order valence-electron chi connectivity index (χ4n) is 3.02. The smallest absolute Gasteiger partial charge is 0.227 e. The lowest BCUT2D eigenvalue weighted by atomic mass is 9.97. The Morgan fingerprint density at radius 1 is 1.11 bits per heavy atom. The number of carbonyl (C=O) groups is 1. The van der Waals surface area contributed by atoms with E-state index in [0.717, 1.165) is 0 Å². The molecular weight excluding hydrogens is 423 g/mol. The summed E-state index contributed by atoms with van der Waals surface area (Å²) in [5, 5.41) is 3.75. The van der Waals surface area contributed by atoms with Crippen LogP contribution in [0.25, 0.3) is 0 Å². The zero-order valence-corrected chi connectivity index (χ0v) is 17.5. The number of rotatable bonds is 5. The van der Waals surface area contributed by atoms with Crippen molar-refractivity contribution in [3.8, 4) is 11.5 Å². The molecule has 150 valence electrons. The number of amides is 1. The third kappa shape index (κ3) is 5.17. The van der Waals surface area contributed by atoms with Crippen LogP contribution in [0.15, 0.2) is 42.5 Å². The third-order valence-corrected chi connectivity index (χ3v) is 6.39. The number of sulfonamides is 1. The van der Waals surface area contributed by atoms with Gasteiger partial charge in [-0.15, -0.1) is 0 Å². The SMILES string of the molecule is CS(=O)(=O)N1CCC(C(=O)Nc2ccccc2Oc2ccc(Cl)cc2Cl)CC1. The third-order valence-electron chi connectivity index (χ3n) is 4.55. The van der Waals surface area contributed by atoms with Crippen LogP contribution in [0.4, 0.5) is 5.69 Å². The molecule has 0 aliphatic carbocycles. The number of para-hydroxylation sites is 2. The first-order chi connectivity index (χ1) is 13.2. The number of ether oxygens (including phenoxy) is 1. The van der Waals surface area contributed by atoms with E-state index in [4.69, 9.17) is 27.9 Å². The highest BCUT2D eigenvalue weighted by molar-refractivity contribution is 7.88. The van der Waals surface area contributed by atoms with Crippen molar-refractivity contribution in [2.75, 3.05) is 24.7 Å². The lowest BCUT2D eigenvalue weighted by Crippen LogP contribution is -2.40. The summed E-state index contributed by atoms with van der Waals surface area (Å²) < 4.78 is 30.5. The van der Waals surface area contributed by atoms with Crippen molar-refractivity contribution in [1.29, 1.82) is 0 Å². The van der Waals surface area contributed by atoms with E-state index in [1.54, 1.807) is 42.5 Å². The molecule has 0 unspecified atom stereocenters. The number of halogens is 2. The highest BCUT2D eigenvalue weighted by Crippen LogP contribution is 2.35. The summed E-state index contributed by atoms with van der Waals surface area (Å²) in [5.74, 6) is 0.458. The Balaban J connectivity index is 1.69. The molecule has 0 atom stereocenters. The Morgan fingerprint density at radius 3 is 2.43 bits per heavy atom. The molecule has 1 saturated heterocycles. The van der Waals surface area contributed by atoms with E-state index >= 15 is 0 Å². The zero-order valence-electron chi connectivity index (χ0n) is 15.2. The first kappa shape index (κ1) is 20.9. The van der Waals surface area contributed by atoms with Crippen molar-refractivity contribution in [3.05, 3.63) is 52.5 Å². The fourth-order valence-corrected chi connectivity index (χ4v) is 4.34. The van der Waals surface area contributed by atoms with Crippen LogP contribution in [-0.4, -0.2) is 38.0 Å². The van der Waals surface area contributed by atoms with Crippen LogP contribution in [0.2, 0.25) is 10.0 Å². The fraction of sp³-hybridized carbons (Fsp3) is 0.316. The van der Waals surface area contributed by atoms with Gasteiger partial charge >= 0.3 is 0 Å². The molecule has 2 aromatic carbocycles. The minimum absolute atomic E-state index is 0.161.